The molecule has 12 heteroatoms. The van der Waals surface area contributed by atoms with Gasteiger partial charge in [0.1, 0.15) is 36.0 Å². The molecule has 3 heterocycles. The van der Waals surface area contributed by atoms with Gasteiger partial charge in [-0.3, -0.25) is 4.79 Å². The Bertz CT molecular complexity index is 892. The molecular formula is C17H23N5O6S. The van der Waals surface area contributed by atoms with Crippen molar-refractivity contribution >= 4 is 40.5 Å². The number of carboxylic acid groups (broad SMARTS) is 1. The minimum atomic E-state index is -1.17. The number of amides is 1. The number of fused-ring (bicyclic) bond motifs is 1. The number of aliphatic hydroxyl groups excluding tert-OH is 2. The fourth-order valence-corrected chi connectivity index (χ4v) is 4.27. The van der Waals surface area contributed by atoms with Crippen molar-refractivity contribution in [2.45, 2.75) is 43.9 Å². The summed E-state index contributed by atoms with van der Waals surface area (Å²) in [6, 6.07) is 0.743. The number of carbonyl (C=O) groups excluding carboxylic acids is 1. The third-order valence-corrected chi connectivity index (χ3v) is 5.75. The molecule has 29 heavy (non-hydrogen) atoms. The molecule has 0 saturated carbocycles. The summed E-state index contributed by atoms with van der Waals surface area (Å²) in [6.07, 6.45) is -0.570. The largest absolute Gasteiger partial charge is 0.480 e. The highest BCUT2D eigenvalue weighted by Crippen LogP contribution is 2.34. The second kappa shape index (κ2) is 8.95. The molecule has 11 nitrogen and oxygen atoms in total. The summed E-state index contributed by atoms with van der Waals surface area (Å²) in [5.74, 6) is -0.431. The topological polar surface area (TPSA) is 173 Å². The Morgan fingerprint density at radius 1 is 1.38 bits per heavy atom. The fraction of sp³-hybridized carbons (Fsp3) is 0.529. The minimum Gasteiger partial charge on any atom is -0.480 e. The number of hydrogen-bond acceptors (Lipinski definition) is 9. The number of thioether (sulfide) groups is 1. The standard InChI is InChI=1S/C17H23N5O6S/c1-8(23)21-10(17(26)27)3-5-29-6-11-12(24)13(25)16(28-11)22-4-2-9-14(18)19-7-20-15(9)22/h2,4,7,10-13,16,24-25H,3,5-6H2,1H3,(H,21,23)(H,26,27)(H2,18,19,20)/t10-,11+,12+,13+,16+/m0/s1. The fourth-order valence-electron chi connectivity index (χ4n) is 3.20. The predicted octanol–water partition coefficient (Wildman–Crippen LogP) is -0.655. The number of nitrogens with zero attached hydrogens (tertiary/aromatic N) is 3. The van der Waals surface area contributed by atoms with Crippen LogP contribution >= 0.6 is 11.8 Å². The third-order valence-electron chi connectivity index (χ3n) is 4.66. The number of nitrogen functional groups attached to an aromatic ring is 1. The van der Waals surface area contributed by atoms with Crippen molar-refractivity contribution in [1.82, 2.24) is 19.9 Å². The third kappa shape index (κ3) is 4.61. The molecule has 1 amide bonds. The maximum atomic E-state index is 11.1. The molecule has 0 radical (unpaired) electrons. The van der Waals surface area contributed by atoms with Gasteiger partial charge >= 0.3 is 5.97 Å². The van der Waals surface area contributed by atoms with Crippen molar-refractivity contribution < 1.29 is 29.6 Å². The first-order chi connectivity index (χ1) is 13.8. The summed E-state index contributed by atoms with van der Waals surface area (Å²) in [7, 11) is 0. The normalized spacial score (nSPS) is 25.2. The summed E-state index contributed by atoms with van der Waals surface area (Å²) >= 11 is 1.37. The molecule has 1 saturated heterocycles. The lowest BCUT2D eigenvalue weighted by Gasteiger charge is -2.17. The van der Waals surface area contributed by atoms with E-state index in [9.17, 15) is 19.8 Å². The Balaban J connectivity index is 1.59. The van der Waals surface area contributed by atoms with Gasteiger partial charge in [0, 0.05) is 18.9 Å². The quantitative estimate of drug-likeness (QED) is 0.342. The second-order valence-electron chi connectivity index (χ2n) is 6.72. The van der Waals surface area contributed by atoms with Crippen LogP contribution in [0, 0.1) is 0 Å². The van der Waals surface area contributed by atoms with Gasteiger partial charge in [-0.1, -0.05) is 0 Å². The summed E-state index contributed by atoms with van der Waals surface area (Å²) < 4.78 is 7.45. The van der Waals surface area contributed by atoms with Crippen LogP contribution in [0.1, 0.15) is 19.6 Å². The van der Waals surface area contributed by atoms with Crippen LogP contribution in [-0.4, -0.2) is 77.6 Å². The zero-order valence-electron chi connectivity index (χ0n) is 15.6. The van der Waals surface area contributed by atoms with E-state index in [1.807, 2.05) is 0 Å². The van der Waals surface area contributed by atoms with Gasteiger partial charge in [-0.2, -0.15) is 11.8 Å². The molecule has 1 fully saturated rings. The van der Waals surface area contributed by atoms with Gasteiger partial charge < -0.3 is 35.7 Å². The van der Waals surface area contributed by atoms with Gasteiger partial charge in [0.05, 0.1) is 11.5 Å². The van der Waals surface area contributed by atoms with Crippen LogP contribution in [0.2, 0.25) is 0 Å². The van der Waals surface area contributed by atoms with Crippen molar-refractivity contribution in [3.05, 3.63) is 18.6 Å². The molecule has 1 aliphatic heterocycles. The number of nitrogens with two attached hydrogens (primary N) is 1. The first kappa shape index (κ1) is 21.3. The predicted molar refractivity (Wildman–Crippen MR) is 105 cm³/mol. The van der Waals surface area contributed by atoms with E-state index in [0.29, 0.717) is 28.4 Å². The number of carbonyl (C=O) groups is 2. The van der Waals surface area contributed by atoms with Gasteiger partial charge in [-0.15, -0.1) is 0 Å². The van der Waals surface area contributed by atoms with E-state index in [4.69, 9.17) is 15.6 Å². The van der Waals surface area contributed by atoms with Crippen LogP contribution in [0.25, 0.3) is 11.0 Å². The highest BCUT2D eigenvalue weighted by molar-refractivity contribution is 7.99. The lowest BCUT2D eigenvalue weighted by Crippen LogP contribution is -2.40. The minimum absolute atomic E-state index is 0.229. The first-order valence-electron chi connectivity index (χ1n) is 8.96. The molecule has 3 rings (SSSR count). The molecule has 0 aliphatic carbocycles. The summed E-state index contributed by atoms with van der Waals surface area (Å²) in [5, 5.41) is 32.9. The van der Waals surface area contributed by atoms with Crippen molar-refractivity contribution in [2.75, 3.05) is 17.2 Å². The van der Waals surface area contributed by atoms with E-state index < -0.39 is 42.5 Å². The number of nitrogens with one attached hydrogen (secondary N) is 1. The highest BCUT2D eigenvalue weighted by Gasteiger charge is 2.43. The van der Waals surface area contributed by atoms with Crippen LogP contribution in [-0.2, 0) is 14.3 Å². The van der Waals surface area contributed by atoms with Crippen LogP contribution < -0.4 is 11.1 Å². The zero-order valence-corrected chi connectivity index (χ0v) is 16.5. The van der Waals surface area contributed by atoms with Crippen molar-refractivity contribution in [3.63, 3.8) is 0 Å². The van der Waals surface area contributed by atoms with Crippen LogP contribution in [0.3, 0.4) is 0 Å². The average molecular weight is 425 g/mol. The number of hydrogen-bond donors (Lipinski definition) is 5. The molecule has 5 atom stereocenters. The molecule has 0 unspecified atom stereocenters. The molecule has 6 N–H and O–H groups in total. The van der Waals surface area contributed by atoms with E-state index in [1.54, 1.807) is 16.8 Å². The zero-order chi connectivity index (χ0) is 21.1. The summed E-state index contributed by atoms with van der Waals surface area (Å²) in [4.78, 5) is 30.3. The molecular weight excluding hydrogens is 402 g/mol. The molecule has 2 aromatic heterocycles. The van der Waals surface area contributed by atoms with Crippen LogP contribution in [0.5, 0.6) is 0 Å². The van der Waals surface area contributed by atoms with E-state index in [0.717, 1.165) is 0 Å². The van der Waals surface area contributed by atoms with Crippen LogP contribution in [0.4, 0.5) is 5.82 Å². The monoisotopic (exact) mass is 425 g/mol. The van der Waals surface area contributed by atoms with Gasteiger partial charge in [0.15, 0.2) is 6.23 Å². The Morgan fingerprint density at radius 2 is 2.14 bits per heavy atom. The second-order valence-corrected chi connectivity index (χ2v) is 7.87. The summed E-state index contributed by atoms with van der Waals surface area (Å²) in [5.41, 5.74) is 6.31. The van der Waals surface area contributed by atoms with Crippen molar-refractivity contribution in [3.8, 4) is 0 Å². The number of aliphatic hydroxyl groups is 2. The highest BCUT2D eigenvalue weighted by atomic mass is 32.2. The Morgan fingerprint density at radius 3 is 2.83 bits per heavy atom. The smallest absolute Gasteiger partial charge is 0.326 e. The summed E-state index contributed by atoms with van der Waals surface area (Å²) in [6.45, 7) is 1.26. The number of aromatic nitrogens is 3. The first-order valence-corrected chi connectivity index (χ1v) is 10.1. The molecule has 158 valence electrons. The Labute approximate surface area is 170 Å². The molecule has 0 bridgehead atoms. The number of rotatable bonds is 8. The molecule has 1 aliphatic rings. The molecule has 0 spiro atoms. The molecule has 0 aromatic carbocycles. The van der Waals surface area contributed by atoms with Crippen molar-refractivity contribution in [1.29, 1.82) is 0 Å². The maximum absolute atomic E-state index is 11.1. The maximum Gasteiger partial charge on any atom is 0.326 e. The lowest BCUT2D eigenvalue weighted by molar-refractivity contribution is -0.141. The van der Waals surface area contributed by atoms with Crippen molar-refractivity contribution in [2.24, 2.45) is 0 Å². The lowest BCUT2D eigenvalue weighted by atomic mass is 10.1. The Hall–Kier alpha value is -2.41. The Kier molecular flexibility index (Phi) is 6.57. The van der Waals surface area contributed by atoms with Crippen LogP contribution in [0.15, 0.2) is 18.6 Å². The SMILES string of the molecule is CC(=O)N[C@@H](CCSC[C@H]1O[C@@H](n2ccc3c(N)ncnc32)[C@H](O)[C@@H]1O)C(=O)O. The van der Waals surface area contributed by atoms with E-state index in [1.165, 1.54) is 25.0 Å². The number of anilines is 1. The molecule has 2 aromatic rings. The average Bonchev–Trinajstić information content (AvgIpc) is 3.21. The van der Waals surface area contributed by atoms with E-state index >= 15 is 0 Å². The van der Waals surface area contributed by atoms with Gasteiger partial charge in [-0.25, -0.2) is 14.8 Å². The number of ether oxygens (including phenoxy) is 1. The number of aliphatic carboxylic acids is 1. The van der Waals surface area contributed by atoms with Gasteiger partial charge in [0.2, 0.25) is 5.91 Å². The van der Waals surface area contributed by atoms with Gasteiger partial charge in [-0.05, 0) is 18.2 Å². The van der Waals surface area contributed by atoms with E-state index in [2.05, 4.69) is 15.3 Å². The van der Waals surface area contributed by atoms with E-state index in [-0.39, 0.29) is 6.42 Å². The number of carboxylic acids is 1. The van der Waals surface area contributed by atoms with Gasteiger partial charge in [0.25, 0.3) is 0 Å².